The van der Waals surface area contributed by atoms with Crippen LogP contribution in [0.1, 0.15) is 15.9 Å². The van der Waals surface area contributed by atoms with Crippen molar-refractivity contribution in [2.45, 2.75) is 6.18 Å². The molecule has 0 bridgehead atoms. The van der Waals surface area contributed by atoms with Crippen LogP contribution in [0.3, 0.4) is 0 Å². The molecule has 0 aromatic heterocycles. The summed E-state index contributed by atoms with van der Waals surface area (Å²) in [7, 11) is 0. The van der Waals surface area contributed by atoms with Gasteiger partial charge in [0, 0.05) is 6.07 Å². The second-order valence-corrected chi connectivity index (χ2v) is 5.28. The lowest BCUT2D eigenvalue weighted by atomic mass is 10.2. The molecular formula is C14H6Cl2F3NO4. The van der Waals surface area contributed by atoms with E-state index in [1.807, 2.05) is 0 Å². The Morgan fingerprint density at radius 1 is 1.12 bits per heavy atom. The molecular weight excluding hydrogens is 374 g/mol. The van der Waals surface area contributed by atoms with Gasteiger partial charge in [0.2, 0.25) is 0 Å². The minimum atomic E-state index is -4.64. The molecule has 2 rings (SSSR count). The van der Waals surface area contributed by atoms with E-state index in [2.05, 4.69) is 0 Å². The van der Waals surface area contributed by atoms with Gasteiger partial charge in [-0.3, -0.25) is 14.9 Å². The van der Waals surface area contributed by atoms with Gasteiger partial charge in [0.05, 0.1) is 26.1 Å². The summed E-state index contributed by atoms with van der Waals surface area (Å²) >= 11 is 11.5. The molecule has 0 saturated heterocycles. The maximum atomic E-state index is 12.7. The van der Waals surface area contributed by atoms with E-state index in [0.29, 0.717) is 12.1 Å². The van der Waals surface area contributed by atoms with Crippen molar-refractivity contribution in [1.82, 2.24) is 0 Å². The van der Waals surface area contributed by atoms with E-state index in [-0.39, 0.29) is 23.3 Å². The number of nitro benzene ring substituents is 1. The second kappa shape index (κ2) is 6.66. The van der Waals surface area contributed by atoms with Crippen LogP contribution in [0.4, 0.5) is 18.9 Å². The maximum Gasteiger partial charge on any atom is 0.416 e. The summed E-state index contributed by atoms with van der Waals surface area (Å²) in [4.78, 5) is 20.9. The molecule has 24 heavy (non-hydrogen) atoms. The first-order valence-corrected chi connectivity index (χ1v) is 6.86. The molecule has 0 saturated carbocycles. The highest BCUT2D eigenvalue weighted by atomic mass is 35.5. The van der Waals surface area contributed by atoms with Gasteiger partial charge in [0.1, 0.15) is 5.75 Å². The molecule has 2 aromatic rings. The molecule has 0 amide bonds. The van der Waals surface area contributed by atoms with Crippen molar-refractivity contribution in [3.8, 4) is 11.5 Å². The van der Waals surface area contributed by atoms with Crippen LogP contribution in [0, 0.1) is 10.1 Å². The molecule has 5 nitrogen and oxygen atoms in total. The van der Waals surface area contributed by atoms with E-state index < -0.39 is 32.4 Å². The third-order valence-corrected chi connectivity index (χ3v) is 3.43. The molecule has 10 heteroatoms. The van der Waals surface area contributed by atoms with Gasteiger partial charge in [-0.15, -0.1) is 0 Å². The SMILES string of the molecule is O=Cc1cc(Oc2c(Cl)cc(C(F)(F)F)cc2Cl)ccc1[N+](=O)[O-]. The van der Waals surface area contributed by atoms with E-state index in [1.165, 1.54) is 0 Å². The molecule has 0 aliphatic carbocycles. The number of aldehydes is 1. The Morgan fingerprint density at radius 3 is 2.17 bits per heavy atom. The lowest BCUT2D eigenvalue weighted by Gasteiger charge is -2.13. The number of rotatable bonds is 4. The lowest BCUT2D eigenvalue weighted by molar-refractivity contribution is -0.385. The van der Waals surface area contributed by atoms with Gasteiger partial charge in [-0.2, -0.15) is 13.2 Å². The molecule has 0 atom stereocenters. The summed E-state index contributed by atoms with van der Waals surface area (Å²) in [5.41, 5.74) is -1.76. The Balaban J connectivity index is 2.42. The van der Waals surface area contributed by atoms with Crippen LogP contribution in [0.5, 0.6) is 11.5 Å². The van der Waals surface area contributed by atoms with Crippen LogP contribution in [-0.4, -0.2) is 11.2 Å². The Labute approximate surface area is 142 Å². The quantitative estimate of drug-likeness (QED) is 0.398. The van der Waals surface area contributed by atoms with Crippen LogP contribution >= 0.6 is 23.2 Å². The van der Waals surface area contributed by atoms with Gasteiger partial charge in [-0.25, -0.2) is 0 Å². The van der Waals surface area contributed by atoms with Gasteiger partial charge < -0.3 is 4.74 Å². The summed E-state index contributed by atoms with van der Waals surface area (Å²) < 4.78 is 43.3. The number of ether oxygens (including phenoxy) is 1. The van der Waals surface area contributed by atoms with Crippen LogP contribution < -0.4 is 4.74 Å². The maximum absolute atomic E-state index is 12.7. The average molecular weight is 380 g/mol. The smallest absolute Gasteiger partial charge is 0.416 e. The van der Waals surface area contributed by atoms with Crippen LogP contribution in [-0.2, 0) is 6.18 Å². The number of halogens is 5. The molecule has 0 N–H and O–H groups in total. The number of hydrogen-bond donors (Lipinski definition) is 0. The molecule has 0 spiro atoms. The Morgan fingerprint density at radius 2 is 1.71 bits per heavy atom. The molecule has 0 fully saturated rings. The van der Waals surface area contributed by atoms with Crippen LogP contribution in [0.2, 0.25) is 10.0 Å². The average Bonchev–Trinajstić information content (AvgIpc) is 2.49. The number of benzene rings is 2. The molecule has 0 aliphatic rings. The number of nitro groups is 1. The number of carbonyl (C=O) groups is 1. The topological polar surface area (TPSA) is 69.4 Å². The highest BCUT2D eigenvalue weighted by molar-refractivity contribution is 6.37. The summed E-state index contributed by atoms with van der Waals surface area (Å²) in [6, 6.07) is 4.50. The van der Waals surface area contributed by atoms with Gasteiger partial charge in [0.25, 0.3) is 5.69 Å². The molecule has 0 heterocycles. The van der Waals surface area contributed by atoms with Crippen molar-refractivity contribution in [3.05, 3.63) is 61.6 Å². The van der Waals surface area contributed by atoms with Crippen molar-refractivity contribution in [2.24, 2.45) is 0 Å². The highest BCUT2D eigenvalue weighted by Crippen LogP contribution is 2.42. The number of alkyl halides is 3. The first-order valence-electron chi connectivity index (χ1n) is 6.11. The predicted molar refractivity (Wildman–Crippen MR) is 80.0 cm³/mol. The summed E-state index contributed by atoms with van der Waals surface area (Å²) in [6.07, 6.45) is -4.38. The first-order chi connectivity index (χ1) is 11.1. The standard InChI is InChI=1S/C14H6Cl2F3NO4/c15-10-4-8(14(17,18)19)5-11(16)13(10)24-9-1-2-12(20(22)23)7(3-9)6-21/h1-6H. The van der Waals surface area contributed by atoms with Crippen LogP contribution in [0.25, 0.3) is 0 Å². The van der Waals surface area contributed by atoms with Crippen molar-refractivity contribution in [1.29, 1.82) is 0 Å². The normalized spacial score (nSPS) is 11.2. The minimum Gasteiger partial charge on any atom is -0.454 e. The van der Waals surface area contributed by atoms with Crippen LogP contribution in [0.15, 0.2) is 30.3 Å². The summed E-state index contributed by atoms with van der Waals surface area (Å²) in [5, 5.41) is 9.94. The Hall–Kier alpha value is -2.32. The van der Waals surface area contributed by atoms with E-state index in [9.17, 15) is 28.1 Å². The van der Waals surface area contributed by atoms with Crippen molar-refractivity contribution in [2.75, 3.05) is 0 Å². The molecule has 0 unspecified atom stereocenters. The molecule has 0 radical (unpaired) electrons. The Kier molecular flexibility index (Phi) is 5.00. The van der Waals surface area contributed by atoms with Gasteiger partial charge in [0.15, 0.2) is 12.0 Å². The highest BCUT2D eigenvalue weighted by Gasteiger charge is 2.32. The zero-order chi connectivity index (χ0) is 18.1. The summed E-state index contributed by atoms with van der Waals surface area (Å²) in [6.45, 7) is 0. The zero-order valence-corrected chi connectivity index (χ0v) is 12.9. The van der Waals surface area contributed by atoms with Crippen molar-refractivity contribution >= 4 is 35.2 Å². The fraction of sp³-hybridized carbons (Fsp3) is 0.0714. The number of carbonyl (C=O) groups excluding carboxylic acids is 1. The molecule has 2 aromatic carbocycles. The van der Waals surface area contributed by atoms with Crippen molar-refractivity contribution < 1.29 is 27.6 Å². The third kappa shape index (κ3) is 3.77. The molecule has 0 aliphatic heterocycles. The Bertz CT molecular complexity index is 801. The van der Waals surface area contributed by atoms with E-state index in [1.54, 1.807) is 0 Å². The second-order valence-electron chi connectivity index (χ2n) is 4.46. The molecule has 126 valence electrons. The van der Waals surface area contributed by atoms with E-state index in [4.69, 9.17) is 27.9 Å². The van der Waals surface area contributed by atoms with Gasteiger partial charge >= 0.3 is 6.18 Å². The number of nitrogens with zero attached hydrogens (tertiary/aromatic N) is 1. The fourth-order valence-corrected chi connectivity index (χ4v) is 2.36. The van der Waals surface area contributed by atoms with Gasteiger partial charge in [-0.1, -0.05) is 23.2 Å². The third-order valence-electron chi connectivity index (χ3n) is 2.87. The minimum absolute atomic E-state index is 0.0498. The monoisotopic (exact) mass is 379 g/mol. The lowest BCUT2D eigenvalue weighted by Crippen LogP contribution is -2.05. The van der Waals surface area contributed by atoms with E-state index >= 15 is 0 Å². The largest absolute Gasteiger partial charge is 0.454 e. The zero-order valence-electron chi connectivity index (χ0n) is 11.4. The van der Waals surface area contributed by atoms with E-state index in [0.717, 1.165) is 18.2 Å². The first kappa shape index (κ1) is 18.0. The van der Waals surface area contributed by atoms with Crippen molar-refractivity contribution in [3.63, 3.8) is 0 Å². The predicted octanol–water partition coefficient (Wildman–Crippen LogP) is 5.53. The van der Waals surface area contributed by atoms with Gasteiger partial charge in [-0.05, 0) is 24.3 Å². The number of hydrogen-bond acceptors (Lipinski definition) is 4. The fourth-order valence-electron chi connectivity index (χ4n) is 1.80. The summed E-state index contributed by atoms with van der Waals surface area (Å²) in [5.74, 6) is -0.316.